The fraction of sp³-hybridized carbons (Fsp3) is 0.176. The Morgan fingerprint density at radius 2 is 1.59 bits per heavy atom. The van der Waals surface area contributed by atoms with Gasteiger partial charge in [0, 0.05) is 30.3 Å². The van der Waals surface area contributed by atoms with Crippen molar-refractivity contribution in [1.82, 2.24) is 9.55 Å². The third-order valence-corrected chi connectivity index (χ3v) is 3.84. The first-order valence-electron chi connectivity index (χ1n) is 7.91. The quantitative estimate of drug-likeness (QED) is 0.495. The van der Waals surface area contributed by atoms with Crippen LogP contribution in [0.5, 0.6) is 11.8 Å². The molecule has 0 aliphatic heterocycles. The fourth-order valence-electron chi connectivity index (χ4n) is 2.55. The molecule has 0 spiro atoms. The summed E-state index contributed by atoms with van der Waals surface area (Å²) in [5, 5.41) is 21.9. The molecule has 10 heteroatoms. The number of ether oxygens (including phenoxy) is 1. The lowest BCUT2D eigenvalue weighted by molar-refractivity contribution is -0.385. The molecule has 1 aromatic heterocycles. The summed E-state index contributed by atoms with van der Waals surface area (Å²) in [6, 6.07) is 8.74. The van der Waals surface area contributed by atoms with E-state index in [0.29, 0.717) is 0 Å². The summed E-state index contributed by atoms with van der Waals surface area (Å²) in [4.78, 5) is 37.6. The second-order valence-electron chi connectivity index (χ2n) is 5.97. The van der Waals surface area contributed by atoms with Gasteiger partial charge in [0.1, 0.15) is 5.75 Å². The van der Waals surface area contributed by atoms with Crippen LogP contribution in [-0.2, 0) is 0 Å². The summed E-state index contributed by atoms with van der Waals surface area (Å²) < 4.78 is 6.97. The molecule has 0 aliphatic rings. The molecule has 0 saturated heterocycles. The van der Waals surface area contributed by atoms with E-state index in [-0.39, 0.29) is 40.1 Å². The van der Waals surface area contributed by atoms with E-state index < -0.39 is 15.4 Å². The van der Waals surface area contributed by atoms with Crippen molar-refractivity contribution in [3.63, 3.8) is 0 Å². The molecule has 0 unspecified atom stereocenters. The number of nitro benzene ring substituents is 2. The van der Waals surface area contributed by atoms with Crippen molar-refractivity contribution in [2.75, 3.05) is 0 Å². The Balaban J connectivity index is 2.14. The number of rotatable bonds is 5. The summed E-state index contributed by atoms with van der Waals surface area (Å²) in [5.41, 5.74) is -0.575. The molecule has 2 aromatic carbocycles. The summed E-state index contributed by atoms with van der Waals surface area (Å²) in [6.45, 7) is 3.53. The number of nitro groups is 2. The number of non-ortho nitro benzene ring substituents is 2. The van der Waals surface area contributed by atoms with Gasteiger partial charge in [-0.05, 0) is 32.0 Å². The molecule has 3 aromatic rings. The van der Waals surface area contributed by atoms with Crippen LogP contribution in [0.3, 0.4) is 0 Å². The van der Waals surface area contributed by atoms with Crippen LogP contribution in [0, 0.1) is 20.2 Å². The Morgan fingerprint density at radius 1 is 1.00 bits per heavy atom. The van der Waals surface area contributed by atoms with Crippen LogP contribution in [0.25, 0.3) is 10.9 Å². The summed E-state index contributed by atoms with van der Waals surface area (Å²) in [5.74, 6) is 0.242. The molecule has 0 saturated carbocycles. The van der Waals surface area contributed by atoms with Crippen LogP contribution in [0.2, 0.25) is 0 Å². The van der Waals surface area contributed by atoms with Crippen LogP contribution < -0.4 is 10.3 Å². The minimum Gasteiger partial charge on any atom is -0.425 e. The Bertz CT molecular complexity index is 1100. The Kier molecular flexibility index (Phi) is 4.55. The van der Waals surface area contributed by atoms with Gasteiger partial charge in [-0.2, -0.15) is 4.98 Å². The molecule has 0 bridgehead atoms. The second-order valence-corrected chi connectivity index (χ2v) is 5.97. The summed E-state index contributed by atoms with van der Waals surface area (Å²) in [7, 11) is 0. The molecule has 3 rings (SSSR count). The molecule has 0 fully saturated rings. The Labute approximate surface area is 151 Å². The highest BCUT2D eigenvalue weighted by Gasteiger charge is 2.18. The Hall–Kier alpha value is -3.82. The van der Waals surface area contributed by atoms with E-state index in [2.05, 4.69) is 4.98 Å². The van der Waals surface area contributed by atoms with Crippen molar-refractivity contribution in [1.29, 1.82) is 0 Å². The topological polar surface area (TPSA) is 130 Å². The van der Waals surface area contributed by atoms with Crippen molar-refractivity contribution in [3.8, 4) is 11.8 Å². The highest BCUT2D eigenvalue weighted by Crippen LogP contribution is 2.26. The molecule has 0 aliphatic carbocycles. The molecule has 0 atom stereocenters. The second kappa shape index (κ2) is 6.83. The lowest BCUT2D eigenvalue weighted by Crippen LogP contribution is -2.24. The average Bonchev–Trinajstić information content (AvgIpc) is 2.61. The van der Waals surface area contributed by atoms with Crippen LogP contribution in [0.4, 0.5) is 11.4 Å². The number of nitrogens with zero attached hydrogens (tertiary/aromatic N) is 4. The maximum absolute atomic E-state index is 12.8. The molecule has 27 heavy (non-hydrogen) atoms. The zero-order chi connectivity index (χ0) is 19.7. The van der Waals surface area contributed by atoms with Gasteiger partial charge in [0.15, 0.2) is 0 Å². The normalized spacial score (nSPS) is 10.9. The number of aromatic nitrogens is 2. The van der Waals surface area contributed by atoms with Crippen LogP contribution >= 0.6 is 0 Å². The fourth-order valence-corrected chi connectivity index (χ4v) is 2.55. The Morgan fingerprint density at radius 3 is 2.15 bits per heavy atom. The van der Waals surface area contributed by atoms with Gasteiger partial charge < -0.3 is 4.74 Å². The minimum absolute atomic E-state index is 0.0585. The summed E-state index contributed by atoms with van der Waals surface area (Å²) in [6.07, 6.45) is 0. The molecule has 1 heterocycles. The van der Waals surface area contributed by atoms with Gasteiger partial charge in [-0.1, -0.05) is 0 Å². The van der Waals surface area contributed by atoms with Crippen molar-refractivity contribution < 1.29 is 14.6 Å². The van der Waals surface area contributed by atoms with Gasteiger partial charge in [-0.3, -0.25) is 29.6 Å². The van der Waals surface area contributed by atoms with E-state index >= 15 is 0 Å². The monoisotopic (exact) mass is 370 g/mol. The number of hydrogen-bond donors (Lipinski definition) is 0. The zero-order valence-electron chi connectivity index (χ0n) is 14.4. The predicted molar refractivity (Wildman–Crippen MR) is 96.2 cm³/mol. The molecule has 138 valence electrons. The van der Waals surface area contributed by atoms with E-state index in [4.69, 9.17) is 4.74 Å². The first kappa shape index (κ1) is 18.0. The predicted octanol–water partition coefficient (Wildman–Crippen LogP) is 3.59. The maximum Gasteiger partial charge on any atom is 0.305 e. The largest absolute Gasteiger partial charge is 0.425 e. The highest BCUT2D eigenvalue weighted by atomic mass is 16.6. The zero-order valence-corrected chi connectivity index (χ0v) is 14.4. The smallest absolute Gasteiger partial charge is 0.305 e. The van der Waals surface area contributed by atoms with Crippen molar-refractivity contribution in [3.05, 3.63) is 73.0 Å². The molecular formula is C17H14N4O6. The highest BCUT2D eigenvalue weighted by molar-refractivity contribution is 5.80. The van der Waals surface area contributed by atoms with E-state index in [1.165, 1.54) is 47.0 Å². The molecule has 10 nitrogen and oxygen atoms in total. The molecule has 0 N–H and O–H groups in total. The van der Waals surface area contributed by atoms with Crippen LogP contribution in [0.1, 0.15) is 19.9 Å². The lowest BCUT2D eigenvalue weighted by Gasteiger charge is -2.16. The molecule has 0 radical (unpaired) electrons. The summed E-state index contributed by atoms with van der Waals surface area (Å²) >= 11 is 0. The van der Waals surface area contributed by atoms with Gasteiger partial charge in [-0.15, -0.1) is 0 Å². The van der Waals surface area contributed by atoms with E-state index in [9.17, 15) is 25.0 Å². The first-order chi connectivity index (χ1) is 12.8. The number of fused-ring (bicyclic) bond motifs is 1. The number of hydrogen-bond acceptors (Lipinski definition) is 7. The maximum atomic E-state index is 12.8. The van der Waals surface area contributed by atoms with Gasteiger partial charge in [0.25, 0.3) is 16.9 Å². The van der Waals surface area contributed by atoms with Gasteiger partial charge in [-0.25, -0.2) is 0 Å². The van der Waals surface area contributed by atoms with Gasteiger partial charge in [0.05, 0.1) is 20.7 Å². The average molecular weight is 370 g/mol. The number of benzene rings is 2. The van der Waals surface area contributed by atoms with E-state index in [1.54, 1.807) is 13.8 Å². The van der Waals surface area contributed by atoms with Crippen molar-refractivity contribution in [2.24, 2.45) is 0 Å². The van der Waals surface area contributed by atoms with Crippen molar-refractivity contribution in [2.45, 2.75) is 19.9 Å². The molecule has 0 amide bonds. The van der Waals surface area contributed by atoms with E-state index in [0.717, 1.165) is 0 Å². The van der Waals surface area contributed by atoms with Gasteiger partial charge in [0.2, 0.25) is 0 Å². The standard InChI is InChI=1S/C17H14N4O6/c1-10(2)19-16(22)14-8-5-12(21(25)26)9-15(14)18-17(19)27-13-6-3-11(4-7-13)20(23)24/h3-10H,1-2H3. The third-order valence-electron chi connectivity index (χ3n) is 3.84. The minimum atomic E-state index is -0.577. The molecular weight excluding hydrogens is 356 g/mol. The van der Waals surface area contributed by atoms with Crippen LogP contribution in [-0.4, -0.2) is 19.4 Å². The SMILES string of the molecule is CC(C)n1c(Oc2ccc([N+](=O)[O-])cc2)nc2cc([N+](=O)[O-])ccc2c1=O. The van der Waals surface area contributed by atoms with Crippen molar-refractivity contribution >= 4 is 22.3 Å². The van der Waals surface area contributed by atoms with Crippen LogP contribution in [0.15, 0.2) is 47.3 Å². The van der Waals surface area contributed by atoms with E-state index in [1.807, 2.05) is 0 Å². The third kappa shape index (κ3) is 3.45. The first-order valence-corrected chi connectivity index (χ1v) is 7.91. The lowest BCUT2D eigenvalue weighted by atomic mass is 10.2. The van der Waals surface area contributed by atoms with Gasteiger partial charge >= 0.3 is 6.01 Å².